The van der Waals surface area contributed by atoms with Gasteiger partial charge in [0.25, 0.3) is 11.1 Å². The van der Waals surface area contributed by atoms with Gasteiger partial charge in [-0.3, -0.25) is 38.1 Å². The molecular formula is C67H109B4Br2ClN8O12S2. The standard InChI is InChI=1S/C20H26N4O2S.C19H23BrN4O2S.C12H24B2O4.2C7H15BO2.CH3Br.CH3Cl/c1-10(2)9-23-19-17(18(25)24(20(23)26)14-6-7-14)11(3)16(27-19)8-15-12(4)21-22-13(15)5;1-9(2)8-23-18-15(17(25)24(19(23)26)12-5-6-12)16(20)14(27-18)7-13-10(3)21-22-11(13)4;1-9(2)10(3,4)16-13(15-9)14-17-11(5,6)12(7,8)18-14;2*1-6(2)7(3,4)10-8(5)9-6;2*1-2/h10,14H,6-9H2,1-5H3,(H,21,22);9,12H,5-8H2,1-4H3,(H,21,22);1-8H3;2*1-5H3;2*1H3. The Morgan fingerprint density at radius 2 is 0.781 bits per heavy atom. The number of aromatic nitrogens is 8. The summed E-state index contributed by atoms with van der Waals surface area (Å²) in [5, 5.41) is 16.0. The number of nitrogens with zero attached hydrogens (tertiary/aromatic N) is 6. The summed E-state index contributed by atoms with van der Waals surface area (Å²) in [6, 6.07) is 0.135. The molecule has 6 aromatic rings. The van der Waals surface area contributed by atoms with E-state index in [2.05, 4.69) is 147 Å². The summed E-state index contributed by atoms with van der Waals surface area (Å²) < 4.78 is 53.4. The van der Waals surface area contributed by atoms with E-state index in [1.165, 1.54) is 32.4 Å². The Morgan fingerprint density at radius 1 is 0.500 bits per heavy atom. The van der Waals surface area contributed by atoms with Gasteiger partial charge in [-0.2, -0.15) is 10.2 Å². The zero-order chi connectivity index (χ0) is 72.9. The second-order valence-electron chi connectivity index (χ2n) is 30.8. The van der Waals surface area contributed by atoms with Gasteiger partial charge in [0.2, 0.25) is 0 Å². The van der Waals surface area contributed by atoms with Crippen molar-refractivity contribution in [1.29, 1.82) is 0 Å². The topological polar surface area (TPSA) is 219 Å². The van der Waals surface area contributed by atoms with Gasteiger partial charge in [-0.1, -0.05) is 43.6 Å². The second-order valence-corrected chi connectivity index (χ2v) is 33.8. The summed E-state index contributed by atoms with van der Waals surface area (Å²) in [5.74, 6) is 2.46. The minimum atomic E-state index is -0.476. The van der Waals surface area contributed by atoms with E-state index in [0.717, 1.165) is 95.3 Å². The number of aryl methyl sites for hydroxylation is 5. The minimum absolute atomic E-state index is 0.0569. The first-order valence-corrected chi connectivity index (χ1v) is 38.4. The Labute approximate surface area is 601 Å². The Balaban J connectivity index is 0.000000197. The van der Waals surface area contributed by atoms with E-state index in [4.69, 9.17) is 37.2 Å². The van der Waals surface area contributed by atoms with Gasteiger partial charge in [0.05, 0.1) is 67.0 Å². The molecule has 4 saturated heterocycles. The van der Waals surface area contributed by atoms with Crippen LogP contribution in [-0.4, -0.2) is 124 Å². The van der Waals surface area contributed by atoms with Crippen molar-refractivity contribution in [2.45, 2.75) is 295 Å². The molecule has 2 aliphatic carbocycles. The van der Waals surface area contributed by atoms with E-state index in [9.17, 15) is 19.2 Å². The number of nitrogens with one attached hydrogen (secondary N) is 2. The molecule has 0 unspecified atom stereocenters. The van der Waals surface area contributed by atoms with Gasteiger partial charge in [0.1, 0.15) is 9.66 Å². The van der Waals surface area contributed by atoms with Crippen molar-refractivity contribution >= 4 is 115 Å². The summed E-state index contributed by atoms with van der Waals surface area (Å²) in [6.45, 7) is 56.1. The maximum atomic E-state index is 13.2. The molecule has 0 bridgehead atoms. The molecule has 96 heavy (non-hydrogen) atoms. The molecule has 2 saturated carbocycles. The number of rotatable bonds is 11. The van der Waals surface area contributed by atoms with Crippen LogP contribution in [0.4, 0.5) is 0 Å². The first-order valence-electron chi connectivity index (χ1n) is 33.6. The first kappa shape index (κ1) is 81.9. The van der Waals surface area contributed by atoms with Crippen molar-refractivity contribution in [2.75, 3.05) is 12.2 Å². The lowest BCUT2D eigenvalue weighted by Crippen LogP contribution is -2.41. The number of hydrogen-bond acceptors (Lipinski definition) is 16. The van der Waals surface area contributed by atoms with Crippen LogP contribution in [0.2, 0.25) is 13.6 Å². The highest BCUT2D eigenvalue weighted by Gasteiger charge is 2.64. The van der Waals surface area contributed by atoms with E-state index in [0.29, 0.717) is 36.7 Å². The van der Waals surface area contributed by atoms with E-state index in [1.54, 1.807) is 15.9 Å². The molecule has 534 valence electrons. The average Bonchev–Trinajstić information content (AvgIpc) is 1.55. The molecule has 0 radical (unpaired) electrons. The van der Waals surface area contributed by atoms with Gasteiger partial charge in [-0.15, -0.1) is 34.3 Å². The van der Waals surface area contributed by atoms with E-state index in [-0.39, 0.29) is 93.6 Å². The molecule has 6 aliphatic rings. The van der Waals surface area contributed by atoms with E-state index < -0.39 is 14.0 Å². The number of thiophene rings is 2. The number of alkyl halides is 2. The third-order valence-corrected chi connectivity index (χ3v) is 23.7. The van der Waals surface area contributed by atoms with Crippen LogP contribution in [0.15, 0.2) is 23.7 Å². The fourth-order valence-corrected chi connectivity index (χ4v) is 14.9. The van der Waals surface area contributed by atoms with Crippen LogP contribution in [-0.2, 0) is 63.2 Å². The van der Waals surface area contributed by atoms with Gasteiger partial charge >= 0.3 is 39.6 Å². The summed E-state index contributed by atoms with van der Waals surface area (Å²) in [4.78, 5) is 56.3. The van der Waals surface area contributed by atoms with E-state index in [1.807, 2.05) is 114 Å². The molecule has 12 rings (SSSR count). The van der Waals surface area contributed by atoms with Crippen molar-refractivity contribution in [2.24, 2.45) is 11.8 Å². The average molecular weight is 1520 g/mol. The Kier molecular flexibility index (Phi) is 26.3. The third kappa shape index (κ3) is 17.5. The summed E-state index contributed by atoms with van der Waals surface area (Å²) in [5.41, 5.74) is 4.69. The van der Waals surface area contributed by atoms with Crippen molar-refractivity contribution in [3.05, 3.63) is 95.4 Å². The predicted molar refractivity (Wildman–Crippen MR) is 404 cm³/mol. The molecule has 6 aromatic heterocycles. The van der Waals surface area contributed by atoms with Gasteiger partial charge in [0, 0.05) is 81.1 Å². The fraction of sp³-hybridized carbons (Fsp3) is 0.731. The van der Waals surface area contributed by atoms with Crippen LogP contribution >= 0.6 is 66.1 Å². The highest BCUT2D eigenvalue weighted by Crippen LogP contribution is 2.44. The van der Waals surface area contributed by atoms with Gasteiger partial charge in [-0.05, 0) is 224 Å². The Morgan fingerprint density at radius 3 is 1.05 bits per heavy atom. The van der Waals surface area contributed by atoms with Crippen LogP contribution < -0.4 is 22.5 Å². The SMILES string of the molecule is CB1OC(C)(C)C(C)(C)O1.CB1OC(C)(C)C(C)(C)O1.CBr.CC1(C)OB(B2OC(C)(C)C(C)(C)O2)OC1(C)C.CCl.Cc1n[nH]c(C)c1Cc1sc2c(c1Br)c(=O)n(C1CC1)c(=O)n2CC(C)C.Cc1n[nH]c(C)c1Cc1sc2c(c1C)c(=O)n(C1CC1)c(=O)n2CC(C)C. The number of aromatic amines is 2. The summed E-state index contributed by atoms with van der Waals surface area (Å²) in [7, 11) is -1.08. The second kappa shape index (κ2) is 30.8. The normalized spacial score (nSPS) is 20.4. The van der Waals surface area contributed by atoms with Crippen LogP contribution in [0.25, 0.3) is 20.4 Å². The summed E-state index contributed by atoms with van der Waals surface area (Å²) >= 11 is 14.4. The van der Waals surface area contributed by atoms with Crippen LogP contribution in [0.1, 0.15) is 225 Å². The molecule has 20 nitrogen and oxygen atoms in total. The zero-order valence-electron chi connectivity index (χ0n) is 62.8. The smallest absolute Gasteiger partial charge is 0.405 e. The largest absolute Gasteiger partial charge is 0.488 e. The molecule has 10 heterocycles. The summed E-state index contributed by atoms with van der Waals surface area (Å²) in [6.07, 6.45) is 6.55. The van der Waals surface area contributed by atoms with Crippen molar-refractivity contribution in [3.63, 3.8) is 0 Å². The lowest BCUT2D eigenvalue weighted by atomic mass is 9.49. The fourth-order valence-electron chi connectivity index (χ4n) is 11.6. The molecule has 0 aromatic carbocycles. The van der Waals surface area contributed by atoms with E-state index >= 15 is 0 Å². The maximum absolute atomic E-state index is 13.2. The monoisotopic (exact) mass is 1520 g/mol. The number of fused-ring (bicyclic) bond motifs is 2. The Hall–Kier alpha value is -3.11. The number of H-pyrrole nitrogens is 2. The molecule has 0 amide bonds. The molecule has 4 aliphatic heterocycles. The van der Waals surface area contributed by atoms with Crippen molar-refractivity contribution in [1.82, 2.24) is 38.7 Å². The third-order valence-electron chi connectivity index (χ3n) is 20.0. The first-order chi connectivity index (χ1) is 44.2. The van der Waals surface area contributed by atoms with Gasteiger partial charge < -0.3 is 37.2 Å². The quantitative estimate of drug-likeness (QED) is 0.0911. The van der Waals surface area contributed by atoms with Crippen molar-refractivity contribution in [3.8, 4) is 0 Å². The predicted octanol–water partition coefficient (Wildman–Crippen LogP) is 14.9. The molecule has 29 heteroatoms. The lowest BCUT2D eigenvalue weighted by Gasteiger charge is -2.32. The molecular weight excluding hydrogens is 1410 g/mol. The molecule has 0 atom stereocenters. The van der Waals surface area contributed by atoms with Crippen LogP contribution in [0.3, 0.4) is 0 Å². The lowest BCUT2D eigenvalue weighted by molar-refractivity contribution is 0.00578. The molecule has 6 fully saturated rings. The van der Waals surface area contributed by atoms with Gasteiger partial charge in [-0.25, -0.2) is 9.59 Å². The minimum Gasteiger partial charge on any atom is -0.405 e. The number of hydrogen-bond donors (Lipinski definition) is 2. The molecule has 2 N–H and O–H groups in total. The zero-order valence-corrected chi connectivity index (χ0v) is 68.4. The Bertz CT molecular complexity index is 3600. The maximum Gasteiger partial charge on any atom is 0.488 e. The van der Waals surface area contributed by atoms with Crippen LogP contribution in [0.5, 0.6) is 0 Å². The van der Waals surface area contributed by atoms with Crippen LogP contribution in [0, 0.1) is 46.5 Å². The highest BCUT2D eigenvalue weighted by molar-refractivity contribution is 9.10. The van der Waals surface area contributed by atoms with Crippen molar-refractivity contribution < 1.29 is 37.2 Å². The highest BCUT2D eigenvalue weighted by atomic mass is 79.9. The number of halogens is 3. The van der Waals surface area contributed by atoms with Gasteiger partial charge in [0.15, 0.2) is 0 Å². The molecule has 0 spiro atoms.